The predicted octanol–water partition coefficient (Wildman–Crippen LogP) is 4.45. The van der Waals surface area contributed by atoms with Crippen LogP contribution in [0.2, 0.25) is 0 Å². The lowest BCUT2D eigenvalue weighted by atomic mass is 9.90. The van der Waals surface area contributed by atoms with Crippen molar-refractivity contribution < 1.29 is 0 Å². The molecule has 0 aliphatic carbocycles. The highest BCUT2D eigenvalue weighted by atomic mass is 35.5. The van der Waals surface area contributed by atoms with Gasteiger partial charge in [0, 0.05) is 5.88 Å². The van der Waals surface area contributed by atoms with E-state index in [0.29, 0.717) is 5.92 Å². The molecule has 0 aliphatic heterocycles. The zero-order valence-electron chi connectivity index (χ0n) is 9.04. The third-order valence-corrected chi connectivity index (χ3v) is 3.21. The van der Waals surface area contributed by atoms with Gasteiger partial charge in [0.1, 0.15) is 0 Å². The van der Waals surface area contributed by atoms with E-state index in [2.05, 4.69) is 44.2 Å². The molecule has 1 rings (SSSR count). The highest BCUT2D eigenvalue weighted by Gasteiger charge is 2.12. The zero-order valence-corrected chi connectivity index (χ0v) is 9.80. The van der Waals surface area contributed by atoms with Gasteiger partial charge >= 0.3 is 0 Å². The number of benzene rings is 1. The van der Waals surface area contributed by atoms with E-state index < -0.39 is 0 Å². The third kappa shape index (κ3) is 3.34. The van der Waals surface area contributed by atoms with Gasteiger partial charge < -0.3 is 0 Å². The van der Waals surface area contributed by atoms with Crippen molar-refractivity contribution in [2.75, 3.05) is 5.88 Å². The Labute approximate surface area is 92.3 Å². The van der Waals surface area contributed by atoms with E-state index in [9.17, 15) is 0 Å². The fraction of sp³-hybridized carbons (Fsp3) is 0.538. The molecule has 2 atom stereocenters. The molecule has 0 saturated heterocycles. The van der Waals surface area contributed by atoms with Crippen LogP contribution in [0.3, 0.4) is 0 Å². The molecule has 0 spiro atoms. The van der Waals surface area contributed by atoms with Crippen LogP contribution in [-0.4, -0.2) is 5.88 Å². The second-order valence-electron chi connectivity index (χ2n) is 4.01. The molecule has 2 unspecified atom stereocenters. The SMILES string of the molecule is CCC(C)CC(CCl)c1ccccc1. The van der Waals surface area contributed by atoms with Crippen LogP contribution < -0.4 is 0 Å². The molecule has 78 valence electrons. The van der Waals surface area contributed by atoms with Crippen molar-refractivity contribution in [3.8, 4) is 0 Å². The van der Waals surface area contributed by atoms with Crippen LogP contribution in [0.25, 0.3) is 0 Å². The van der Waals surface area contributed by atoms with Gasteiger partial charge in [0.15, 0.2) is 0 Å². The zero-order chi connectivity index (χ0) is 10.4. The number of hydrogen-bond acceptors (Lipinski definition) is 0. The highest BCUT2D eigenvalue weighted by Crippen LogP contribution is 2.26. The van der Waals surface area contributed by atoms with Crippen LogP contribution in [0.5, 0.6) is 0 Å². The Morgan fingerprint density at radius 2 is 1.86 bits per heavy atom. The molecule has 0 nitrogen and oxygen atoms in total. The van der Waals surface area contributed by atoms with Crippen molar-refractivity contribution in [2.24, 2.45) is 5.92 Å². The number of rotatable bonds is 5. The summed E-state index contributed by atoms with van der Waals surface area (Å²) in [5, 5.41) is 0. The quantitative estimate of drug-likeness (QED) is 0.631. The van der Waals surface area contributed by atoms with Gasteiger partial charge in [-0.1, -0.05) is 50.6 Å². The van der Waals surface area contributed by atoms with Crippen LogP contribution in [0.15, 0.2) is 30.3 Å². The smallest absolute Gasteiger partial charge is 0.0292 e. The molecule has 0 aliphatic rings. The normalized spacial score (nSPS) is 15.1. The van der Waals surface area contributed by atoms with Crippen molar-refractivity contribution >= 4 is 11.6 Å². The van der Waals surface area contributed by atoms with E-state index in [1.54, 1.807) is 0 Å². The molecule has 0 N–H and O–H groups in total. The molecule has 14 heavy (non-hydrogen) atoms. The molecule has 0 bridgehead atoms. The average Bonchev–Trinajstić information content (AvgIpc) is 2.26. The molecule has 0 radical (unpaired) electrons. The molecular formula is C13H19Cl. The summed E-state index contributed by atoms with van der Waals surface area (Å²) in [5.41, 5.74) is 1.38. The summed E-state index contributed by atoms with van der Waals surface area (Å²) in [6.07, 6.45) is 2.43. The summed E-state index contributed by atoms with van der Waals surface area (Å²) in [7, 11) is 0. The Morgan fingerprint density at radius 1 is 1.21 bits per heavy atom. The topological polar surface area (TPSA) is 0 Å². The van der Waals surface area contributed by atoms with Crippen LogP contribution >= 0.6 is 11.6 Å². The van der Waals surface area contributed by atoms with Gasteiger partial charge in [0.05, 0.1) is 0 Å². The van der Waals surface area contributed by atoms with E-state index >= 15 is 0 Å². The maximum atomic E-state index is 6.00. The maximum absolute atomic E-state index is 6.00. The monoisotopic (exact) mass is 210 g/mol. The molecule has 0 saturated carbocycles. The fourth-order valence-electron chi connectivity index (χ4n) is 1.67. The first kappa shape index (κ1) is 11.6. The summed E-state index contributed by atoms with van der Waals surface area (Å²) in [6.45, 7) is 4.53. The van der Waals surface area contributed by atoms with Gasteiger partial charge in [-0.15, -0.1) is 11.6 Å². The van der Waals surface area contributed by atoms with Crippen LogP contribution in [0, 0.1) is 5.92 Å². The largest absolute Gasteiger partial charge is 0.126 e. The van der Waals surface area contributed by atoms with E-state index in [-0.39, 0.29) is 0 Å². The maximum Gasteiger partial charge on any atom is 0.0292 e. The summed E-state index contributed by atoms with van der Waals surface area (Å²) in [6, 6.07) is 10.6. The van der Waals surface area contributed by atoms with Gasteiger partial charge in [-0.3, -0.25) is 0 Å². The minimum Gasteiger partial charge on any atom is -0.126 e. The van der Waals surface area contributed by atoms with Crippen molar-refractivity contribution in [3.63, 3.8) is 0 Å². The fourth-order valence-corrected chi connectivity index (χ4v) is 1.97. The number of halogens is 1. The molecule has 0 heterocycles. The van der Waals surface area contributed by atoms with Crippen LogP contribution in [-0.2, 0) is 0 Å². The standard InChI is InChI=1S/C13H19Cl/c1-3-11(2)9-13(10-14)12-7-5-4-6-8-12/h4-8,11,13H,3,9-10H2,1-2H3. The molecule has 1 aromatic carbocycles. The number of alkyl halides is 1. The molecule has 0 amide bonds. The summed E-state index contributed by atoms with van der Waals surface area (Å²) in [5.74, 6) is 2.01. The van der Waals surface area contributed by atoms with Gasteiger partial charge in [0.2, 0.25) is 0 Å². The molecule has 0 aromatic heterocycles. The lowest BCUT2D eigenvalue weighted by Crippen LogP contribution is -2.05. The summed E-state index contributed by atoms with van der Waals surface area (Å²) in [4.78, 5) is 0. The second-order valence-corrected chi connectivity index (χ2v) is 4.32. The predicted molar refractivity (Wildman–Crippen MR) is 64.0 cm³/mol. The van der Waals surface area contributed by atoms with Gasteiger partial charge in [-0.25, -0.2) is 0 Å². The van der Waals surface area contributed by atoms with Crippen LogP contribution in [0.4, 0.5) is 0 Å². The Kier molecular flexibility index (Phi) is 5.03. The first-order valence-electron chi connectivity index (χ1n) is 5.38. The Morgan fingerprint density at radius 3 is 2.36 bits per heavy atom. The average molecular weight is 211 g/mol. The lowest BCUT2D eigenvalue weighted by Gasteiger charge is -2.18. The van der Waals surface area contributed by atoms with E-state index in [1.165, 1.54) is 18.4 Å². The molecule has 1 aromatic rings. The summed E-state index contributed by atoms with van der Waals surface area (Å²) >= 11 is 6.00. The van der Waals surface area contributed by atoms with Crippen molar-refractivity contribution in [1.29, 1.82) is 0 Å². The Bertz CT molecular complexity index is 243. The van der Waals surface area contributed by atoms with Gasteiger partial charge in [-0.05, 0) is 23.8 Å². The molecule has 0 fully saturated rings. The van der Waals surface area contributed by atoms with Crippen molar-refractivity contribution in [1.82, 2.24) is 0 Å². The molecular weight excluding hydrogens is 192 g/mol. The Hall–Kier alpha value is -0.490. The van der Waals surface area contributed by atoms with Gasteiger partial charge in [-0.2, -0.15) is 0 Å². The molecule has 1 heteroatoms. The summed E-state index contributed by atoms with van der Waals surface area (Å²) < 4.78 is 0. The first-order chi connectivity index (χ1) is 6.77. The van der Waals surface area contributed by atoms with Crippen molar-refractivity contribution in [2.45, 2.75) is 32.6 Å². The lowest BCUT2D eigenvalue weighted by molar-refractivity contribution is 0.473. The Balaban J connectivity index is 2.63. The third-order valence-electron chi connectivity index (χ3n) is 2.84. The minimum atomic E-state index is 0.521. The van der Waals surface area contributed by atoms with E-state index in [4.69, 9.17) is 11.6 Å². The van der Waals surface area contributed by atoms with Gasteiger partial charge in [0.25, 0.3) is 0 Å². The van der Waals surface area contributed by atoms with Crippen LogP contribution in [0.1, 0.15) is 38.2 Å². The second kappa shape index (κ2) is 6.08. The van der Waals surface area contributed by atoms with E-state index in [1.807, 2.05) is 0 Å². The van der Waals surface area contributed by atoms with E-state index in [0.717, 1.165) is 11.8 Å². The van der Waals surface area contributed by atoms with Crippen molar-refractivity contribution in [3.05, 3.63) is 35.9 Å². The first-order valence-corrected chi connectivity index (χ1v) is 5.92. The highest BCUT2D eigenvalue weighted by molar-refractivity contribution is 6.18. The minimum absolute atomic E-state index is 0.521. The number of hydrogen-bond donors (Lipinski definition) is 0.